The van der Waals surface area contributed by atoms with Gasteiger partial charge < -0.3 is 0 Å². The lowest BCUT2D eigenvalue weighted by molar-refractivity contribution is -0.114. The molecule has 0 atom stereocenters. The molecule has 0 aromatic rings. The van der Waals surface area contributed by atoms with E-state index in [2.05, 4.69) is 0 Å². The second-order valence-corrected chi connectivity index (χ2v) is 2.52. The predicted molar refractivity (Wildman–Crippen MR) is 37.1 cm³/mol. The molecular weight excluding hydrogens is 112 g/mol. The standard InChI is InChI=1S/C8H10O/c1-6-3-7(2)5-8(9)4-6/h3-4H,5H2,1-2H3. The molecule has 0 aliphatic heterocycles. The van der Waals surface area contributed by atoms with Crippen molar-refractivity contribution in [2.24, 2.45) is 0 Å². The van der Waals surface area contributed by atoms with Crippen molar-refractivity contribution in [1.29, 1.82) is 0 Å². The number of carbonyl (C=O) groups excluding carboxylic acids is 1. The van der Waals surface area contributed by atoms with Crippen LogP contribution in [0.3, 0.4) is 0 Å². The summed E-state index contributed by atoms with van der Waals surface area (Å²) in [5.74, 6) is 0.229. The fourth-order valence-electron chi connectivity index (χ4n) is 1.06. The highest BCUT2D eigenvalue weighted by molar-refractivity contribution is 5.93. The van der Waals surface area contributed by atoms with Crippen LogP contribution in [0.25, 0.3) is 0 Å². The molecule has 1 aliphatic rings. The van der Waals surface area contributed by atoms with Crippen molar-refractivity contribution in [3.63, 3.8) is 0 Å². The third kappa shape index (κ3) is 1.53. The first kappa shape index (κ1) is 6.27. The zero-order chi connectivity index (χ0) is 6.85. The van der Waals surface area contributed by atoms with E-state index in [-0.39, 0.29) is 5.78 Å². The van der Waals surface area contributed by atoms with Crippen LogP contribution in [0.1, 0.15) is 20.3 Å². The average molecular weight is 122 g/mol. The summed E-state index contributed by atoms with van der Waals surface area (Å²) >= 11 is 0. The number of allylic oxidation sites excluding steroid dienone is 4. The van der Waals surface area contributed by atoms with Gasteiger partial charge in [-0.1, -0.05) is 11.6 Å². The summed E-state index contributed by atoms with van der Waals surface area (Å²) in [5.41, 5.74) is 2.24. The Kier molecular flexibility index (Phi) is 1.52. The fraction of sp³-hybridized carbons (Fsp3) is 0.375. The number of rotatable bonds is 0. The van der Waals surface area contributed by atoms with E-state index in [9.17, 15) is 4.79 Å². The molecule has 1 rings (SSSR count). The monoisotopic (exact) mass is 122 g/mol. The van der Waals surface area contributed by atoms with Gasteiger partial charge in [0.05, 0.1) is 0 Å². The molecule has 0 N–H and O–H groups in total. The second-order valence-electron chi connectivity index (χ2n) is 2.52. The van der Waals surface area contributed by atoms with E-state index < -0.39 is 0 Å². The Morgan fingerprint density at radius 2 is 2.00 bits per heavy atom. The van der Waals surface area contributed by atoms with E-state index in [1.54, 1.807) is 6.08 Å². The van der Waals surface area contributed by atoms with Crippen LogP contribution in [0.5, 0.6) is 0 Å². The number of ketones is 1. The van der Waals surface area contributed by atoms with E-state index in [1.807, 2.05) is 19.9 Å². The highest BCUT2D eigenvalue weighted by Gasteiger charge is 2.04. The Hall–Kier alpha value is -0.850. The van der Waals surface area contributed by atoms with Gasteiger partial charge in [0.1, 0.15) is 0 Å². The summed E-state index contributed by atoms with van der Waals surface area (Å²) in [6.45, 7) is 3.93. The first-order chi connectivity index (χ1) is 4.18. The highest BCUT2D eigenvalue weighted by Crippen LogP contribution is 2.12. The molecule has 0 bridgehead atoms. The minimum absolute atomic E-state index is 0.229. The van der Waals surface area contributed by atoms with Crippen LogP contribution in [0.4, 0.5) is 0 Å². The lowest BCUT2D eigenvalue weighted by Gasteiger charge is -2.04. The lowest BCUT2D eigenvalue weighted by Crippen LogP contribution is -1.99. The summed E-state index contributed by atoms with van der Waals surface area (Å²) in [6, 6.07) is 0. The molecule has 0 saturated carbocycles. The van der Waals surface area contributed by atoms with Gasteiger partial charge in [-0.05, 0) is 25.5 Å². The molecule has 0 fully saturated rings. The van der Waals surface area contributed by atoms with Crippen LogP contribution < -0.4 is 0 Å². The first-order valence-corrected chi connectivity index (χ1v) is 3.07. The number of hydrogen-bond donors (Lipinski definition) is 0. The number of carbonyl (C=O) groups is 1. The van der Waals surface area contributed by atoms with Crippen molar-refractivity contribution in [1.82, 2.24) is 0 Å². The van der Waals surface area contributed by atoms with Crippen LogP contribution in [0, 0.1) is 0 Å². The van der Waals surface area contributed by atoms with Gasteiger partial charge in [0.2, 0.25) is 0 Å². The minimum atomic E-state index is 0.229. The van der Waals surface area contributed by atoms with Crippen molar-refractivity contribution in [3.8, 4) is 0 Å². The van der Waals surface area contributed by atoms with Gasteiger partial charge in [-0.25, -0.2) is 0 Å². The summed E-state index contributed by atoms with van der Waals surface area (Å²) < 4.78 is 0. The van der Waals surface area contributed by atoms with Crippen molar-refractivity contribution < 1.29 is 4.79 Å². The lowest BCUT2D eigenvalue weighted by atomic mass is 10.0. The quantitative estimate of drug-likeness (QED) is 0.479. The summed E-state index contributed by atoms with van der Waals surface area (Å²) in [4.78, 5) is 10.8. The van der Waals surface area contributed by atoms with Crippen molar-refractivity contribution in [3.05, 3.63) is 23.3 Å². The molecule has 0 aromatic carbocycles. The zero-order valence-electron chi connectivity index (χ0n) is 5.77. The molecule has 0 heterocycles. The Morgan fingerprint density at radius 1 is 1.33 bits per heavy atom. The minimum Gasteiger partial charge on any atom is -0.294 e. The molecule has 0 spiro atoms. The van der Waals surface area contributed by atoms with Gasteiger partial charge in [0.15, 0.2) is 5.78 Å². The smallest absolute Gasteiger partial charge is 0.159 e. The van der Waals surface area contributed by atoms with Gasteiger partial charge in [-0.15, -0.1) is 0 Å². The van der Waals surface area contributed by atoms with Crippen molar-refractivity contribution >= 4 is 5.78 Å². The van der Waals surface area contributed by atoms with Gasteiger partial charge >= 0.3 is 0 Å². The summed E-state index contributed by atoms with van der Waals surface area (Å²) in [7, 11) is 0. The average Bonchev–Trinajstić information content (AvgIpc) is 1.59. The van der Waals surface area contributed by atoms with Crippen LogP contribution >= 0.6 is 0 Å². The first-order valence-electron chi connectivity index (χ1n) is 3.07. The molecule has 1 aliphatic carbocycles. The molecule has 0 amide bonds. The van der Waals surface area contributed by atoms with Crippen LogP contribution in [0.15, 0.2) is 23.3 Å². The summed E-state index contributed by atoms with van der Waals surface area (Å²) in [5, 5.41) is 0. The fourth-order valence-corrected chi connectivity index (χ4v) is 1.06. The molecule has 1 heteroatoms. The van der Waals surface area contributed by atoms with Crippen LogP contribution in [0.2, 0.25) is 0 Å². The van der Waals surface area contributed by atoms with E-state index >= 15 is 0 Å². The molecule has 48 valence electrons. The van der Waals surface area contributed by atoms with Crippen LogP contribution in [-0.4, -0.2) is 5.78 Å². The Morgan fingerprint density at radius 3 is 2.44 bits per heavy atom. The molecule has 0 unspecified atom stereocenters. The third-order valence-electron chi connectivity index (χ3n) is 1.32. The maximum Gasteiger partial charge on any atom is 0.159 e. The maximum atomic E-state index is 10.8. The Bertz CT molecular complexity index is 197. The normalized spacial score (nSPS) is 19.1. The molecule has 0 radical (unpaired) electrons. The molecule has 0 aromatic heterocycles. The third-order valence-corrected chi connectivity index (χ3v) is 1.32. The topological polar surface area (TPSA) is 17.1 Å². The molecule has 0 saturated heterocycles. The van der Waals surface area contributed by atoms with Gasteiger partial charge in [0, 0.05) is 6.42 Å². The largest absolute Gasteiger partial charge is 0.294 e. The van der Waals surface area contributed by atoms with E-state index in [0.29, 0.717) is 6.42 Å². The SMILES string of the molecule is CC1=CC(=O)CC(C)=C1. The highest BCUT2D eigenvalue weighted by atomic mass is 16.1. The van der Waals surface area contributed by atoms with Gasteiger partial charge in [0.25, 0.3) is 0 Å². The second kappa shape index (κ2) is 2.18. The van der Waals surface area contributed by atoms with E-state index in [0.717, 1.165) is 5.57 Å². The predicted octanol–water partition coefficient (Wildman–Crippen LogP) is 1.85. The Labute approximate surface area is 55.1 Å². The molecular formula is C8H10O. The van der Waals surface area contributed by atoms with E-state index in [4.69, 9.17) is 0 Å². The van der Waals surface area contributed by atoms with Crippen molar-refractivity contribution in [2.75, 3.05) is 0 Å². The van der Waals surface area contributed by atoms with E-state index in [1.165, 1.54) is 5.57 Å². The Balaban J connectivity index is 2.86. The maximum absolute atomic E-state index is 10.8. The zero-order valence-corrected chi connectivity index (χ0v) is 5.77. The summed E-state index contributed by atoms with van der Waals surface area (Å²) in [6.07, 6.45) is 4.34. The molecule has 9 heavy (non-hydrogen) atoms. The van der Waals surface area contributed by atoms with Gasteiger partial charge in [-0.3, -0.25) is 4.79 Å². The number of hydrogen-bond acceptors (Lipinski definition) is 1. The van der Waals surface area contributed by atoms with Crippen molar-refractivity contribution in [2.45, 2.75) is 20.3 Å². The molecule has 1 nitrogen and oxygen atoms in total. The van der Waals surface area contributed by atoms with Gasteiger partial charge in [-0.2, -0.15) is 0 Å². The van der Waals surface area contributed by atoms with Crippen LogP contribution in [-0.2, 0) is 4.79 Å².